The van der Waals surface area contributed by atoms with Gasteiger partial charge in [-0.15, -0.1) is 0 Å². The van der Waals surface area contributed by atoms with E-state index in [0.29, 0.717) is 5.92 Å². The number of rotatable bonds is 3. The summed E-state index contributed by atoms with van der Waals surface area (Å²) in [5, 5.41) is 9.27. The Balaban J connectivity index is 2.10. The van der Waals surface area contributed by atoms with Crippen molar-refractivity contribution in [3.63, 3.8) is 0 Å². The predicted molar refractivity (Wildman–Crippen MR) is 38.2 cm³/mol. The van der Waals surface area contributed by atoms with Crippen molar-refractivity contribution >= 4 is 0 Å². The van der Waals surface area contributed by atoms with Gasteiger partial charge < -0.3 is 5.11 Å². The summed E-state index contributed by atoms with van der Waals surface area (Å²) in [6.07, 6.45) is 7.29. The Kier molecular flexibility index (Phi) is 2.29. The molecule has 52 valence electrons. The van der Waals surface area contributed by atoms with Crippen LogP contribution in [-0.2, 0) is 0 Å². The lowest BCUT2D eigenvalue weighted by Gasteiger charge is -2.02. The molecule has 1 fully saturated rings. The zero-order valence-electron chi connectivity index (χ0n) is 5.88. The van der Waals surface area contributed by atoms with Crippen molar-refractivity contribution in [1.29, 1.82) is 0 Å². The molecule has 0 unspecified atom stereocenters. The molecule has 1 atom stereocenters. The Morgan fingerprint density at radius 3 is 2.78 bits per heavy atom. The first-order valence-electron chi connectivity index (χ1n) is 3.64. The highest BCUT2D eigenvalue weighted by atomic mass is 16.3. The Labute approximate surface area is 56.4 Å². The third kappa shape index (κ3) is 2.19. The summed E-state index contributed by atoms with van der Waals surface area (Å²) in [7, 11) is 0. The molecule has 1 N–H and O–H groups in total. The van der Waals surface area contributed by atoms with E-state index in [4.69, 9.17) is 0 Å². The fourth-order valence-corrected chi connectivity index (χ4v) is 0.949. The lowest BCUT2D eigenvalue weighted by Crippen LogP contribution is -2.06. The van der Waals surface area contributed by atoms with Crippen LogP contribution in [0.1, 0.15) is 26.2 Å². The molecular weight excluding hydrogens is 112 g/mol. The Hall–Kier alpha value is -0.300. The molecule has 1 aliphatic rings. The van der Waals surface area contributed by atoms with Crippen LogP contribution in [0.2, 0.25) is 0 Å². The minimum atomic E-state index is -0.0544. The van der Waals surface area contributed by atoms with Crippen LogP contribution in [0, 0.1) is 5.92 Å². The van der Waals surface area contributed by atoms with E-state index in [2.05, 4.69) is 0 Å². The van der Waals surface area contributed by atoms with Gasteiger partial charge in [-0.05, 0) is 32.1 Å². The van der Waals surface area contributed by atoms with Crippen LogP contribution in [0.15, 0.2) is 12.2 Å². The zero-order chi connectivity index (χ0) is 6.69. The van der Waals surface area contributed by atoms with Gasteiger partial charge >= 0.3 is 0 Å². The lowest BCUT2D eigenvalue weighted by atomic mass is 10.1. The normalized spacial score (nSPS) is 22.9. The Bertz CT molecular complexity index is 103. The van der Waals surface area contributed by atoms with Crippen molar-refractivity contribution < 1.29 is 5.11 Å². The molecule has 0 heterocycles. The average Bonchev–Trinajstić information content (AvgIpc) is 2.63. The van der Waals surface area contributed by atoms with Gasteiger partial charge in [-0.25, -0.2) is 0 Å². The van der Waals surface area contributed by atoms with Crippen molar-refractivity contribution in [2.45, 2.75) is 32.3 Å². The van der Waals surface area contributed by atoms with Crippen molar-refractivity contribution in [1.82, 2.24) is 0 Å². The number of aliphatic hydroxyl groups is 1. The van der Waals surface area contributed by atoms with Crippen LogP contribution >= 0.6 is 0 Å². The SMILES string of the molecule is C/C=C/C[C@@H](O)C1CC1. The summed E-state index contributed by atoms with van der Waals surface area (Å²) >= 11 is 0. The van der Waals surface area contributed by atoms with E-state index in [1.165, 1.54) is 12.8 Å². The molecule has 0 radical (unpaired) electrons. The first-order chi connectivity index (χ1) is 4.34. The van der Waals surface area contributed by atoms with Crippen LogP contribution in [0.3, 0.4) is 0 Å². The largest absolute Gasteiger partial charge is 0.393 e. The maximum atomic E-state index is 9.27. The summed E-state index contributed by atoms with van der Waals surface area (Å²) in [6.45, 7) is 1.99. The topological polar surface area (TPSA) is 20.2 Å². The Morgan fingerprint density at radius 1 is 1.67 bits per heavy atom. The molecule has 1 nitrogen and oxygen atoms in total. The van der Waals surface area contributed by atoms with E-state index in [1.54, 1.807) is 0 Å². The number of hydrogen-bond donors (Lipinski definition) is 1. The number of allylic oxidation sites excluding steroid dienone is 1. The second-order valence-electron chi connectivity index (χ2n) is 2.71. The van der Waals surface area contributed by atoms with Crippen LogP contribution in [0.5, 0.6) is 0 Å². The summed E-state index contributed by atoms with van der Waals surface area (Å²) < 4.78 is 0. The van der Waals surface area contributed by atoms with Gasteiger partial charge in [-0.1, -0.05) is 12.2 Å². The minimum Gasteiger partial charge on any atom is -0.393 e. The number of hydrogen-bond acceptors (Lipinski definition) is 1. The zero-order valence-corrected chi connectivity index (χ0v) is 5.88. The highest BCUT2D eigenvalue weighted by molar-refractivity contribution is 4.88. The second-order valence-corrected chi connectivity index (χ2v) is 2.71. The fourth-order valence-electron chi connectivity index (χ4n) is 0.949. The molecule has 9 heavy (non-hydrogen) atoms. The molecule has 1 saturated carbocycles. The molecule has 0 bridgehead atoms. The van der Waals surface area contributed by atoms with Crippen molar-refractivity contribution in [2.24, 2.45) is 5.92 Å². The second kappa shape index (κ2) is 3.02. The molecule has 1 aliphatic carbocycles. The highest BCUT2D eigenvalue weighted by Gasteiger charge is 2.28. The van der Waals surface area contributed by atoms with Crippen LogP contribution in [-0.4, -0.2) is 11.2 Å². The lowest BCUT2D eigenvalue weighted by molar-refractivity contribution is 0.154. The molecule has 1 heteroatoms. The predicted octanol–water partition coefficient (Wildman–Crippen LogP) is 1.72. The van der Waals surface area contributed by atoms with E-state index in [0.717, 1.165) is 6.42 Å². The molecule has 0 amide bonds. The average molecular weight is 126 g/mol. The molecule has 0 aromatic rings. The third-order valence-electron chi connectivity index (χ3n) is 1.78. The van der Waals surface area contributed by atoms with E-state index in [9.17, 15) is 5.11 Å². The summed E-state index contributed by atoms with van der Waals surface area (Å²) in [6, 6.07) is 0. The summed E-state index contributed by atoms with van der Waals surface area (Å²) in [4.78, 5) is 0. The van der Waals surface area contributed by atoms with E-state index in [-0.39, 0.29) is 6.10 Å². The van der Waals surface area contributed by atoms with Crippen LogP contribution < -0.4 is 0 Å². The smallest absolute Gasteiger partial charge is 0.0602 e. The minimum absolute atomic E-state index is 0.0544. The molecule has 0 aromatic heterocycles. The van der Waals surface area contributed by atoms with Gasteiger partial charge in [0.25, 0.3) is 0 Å². The van der Waals surface area contributed by atoms with Gasteiger partial charge in [0.1, 0.15) is 0 Å². The van der Waals surface area contributed by atoms with E-state index >= 15 is 0 Å². The first-order valence-corrected chi connectivity index (χ1v) is 3.64. The van der Waals surface area contributed by atoms with Gasteiger partial charge in [0.15, 0.2) is 0 Å². The fraction of sp³-hybridized carbons (Fsp3) is 0.750. The Morgan fingerprint density at radius 2 is 2.33 bits per heavy atom. The molecule has 0 aromatic carbocycles. The molecule has 0 saturated heterocycles. The van der Waals surface area contributed by atoms with Crippen LogP contribution in [0.25, 0.3) is 0 Å². The quantitative estimate of drug-likeness (QED) is 0.571. The maximum Gasteiger partial charge on any atom is 0.0602 e. The number of aliphatic hydroxyl groups excluding tert-OH is 1. The van der Waals surface area contributed by atoms with Crippen LogP contribution in [0.4, 0.5) is 0 Å². The van der Waals surface area contributed by atoms with E-state index < -0.39 is 0 Å². The van der Waals surface area contributed by atoms with Gasteiger partial charge in [0.2, 0.25) is 0 Å². The highest BCUT2D eigenvalue weighted by Crippen LogP contribution is 2.33. The van der Waals surface area contributed by atoms with Crippen molar-refractivity contribution in [3.05, 3.63) is 12.2 Å². The van der Waals surface area contributed by atoms with E-state index in [1.807, 2.05) is 19.1 Å². The van der Waals surface area contributed by atoms with Gasteiger partial charge in [0, 0.05) is 0 Å². The molecule has 0 aliphatic heterocycles. The maximum absolute atomic E-state index is 9.27. The standard InChI is InChI=1S/C8H14O/c1-2-3-4-8(9)7-5-6-7/h2-3,7-9H,4-6H2,1H3/b3-2+/t8-/m1/s1. The van der Waals surface area contributed by atoms with Gasteiger partial charge in [-0.3, -0.25) is 0 Å². The van der Waals surface area contributed by atoms with Crippen molar-refractivity contribution in [2.75, 3.05) is 0 Å². The summed E-state index contributed by atoms with van der Waals surface area (Å²) in [5.41, 5.74) is 0. The third-order valence-corrected chi connectivity index (χ3v) is 1.78. The molecular formula is C8H14O. The summed E-state index contributed by atoms with van der Waals surface area (Å²) in [5.74, 6) is 0.626. The molecule has 0 spiro atoms. The van der Waals surface area contributed by atoms with Crippen molar-refractivity contribution in [3.8, 4) is 0 Å². The monoisotopic (exact) mass is 126 g/mol. The van der Waals surface area contributed by atoms with Gasteiger partial charge in [-0.2, -0.15) is 0 Å². The first kappa shape index (κ1) is 6.81. The molecule has 1 rings (SSSR count). The van der Waals surface area contributed by atoms with Gasteiger partial charge in [0.05, 0.1) is 6.10 Å².